The number of carbonyl (C=O) groups excluding carboxylic acids is 1. The number of hydrogen-bond acceptors (Lipinski definition) is 6. The number of aromatic nitrogens is 5. The predicted molar refractivity (Wildman–Crippen MR) is 132 cm³/mol. The van der Waals surface area contributed by atoms with Gasteiger partial charge in [0.1, 0.15) is 0 Å². The van der Waals surface area contributed by atoms with Crippen molar-refractivity contribution in [3.8, 4) is 11.4 Å². The molecule has 0 bridgehead atoms. The molecule has 11 nitrogen and oxygen atoms in total. The van der Waals surface area contributed by atoms with Crippen LogP contribution < -0.4 is 26.5 Å². The number of alkyl halides is 3. The molecule has 192 valence electrons. The molecule has 38 heavy (non-hydrogen) atoms. The summed E-state index contributed by atoms with van der Waals surface area (Å²) in [6, 6.07) is 11.3. The predicted octanol–water partition coefficient (Wildman–Crippen LogP) is 3.45. The maximum Gasteiger partial charge on any atom is 0.416 e. The molecule has 0 saturated carbocycles. The Morgan fingerprint density at radius 2 is 1.82 bits per heavy atom. The van der Waals surface area contributed by atoms with Crippen molar-refractivity contribution in [3.63, 3.8) is 0 Å². The molecular formula is C24H17F3N8O3. The van der Waals surface area contributed by atoms with Crippen LogP contribution in [0.5, 0.6) is 0 Å². The van der Waals surface area contributed by atoms with Gasteiger partial charge in [-0.1, -0.05) is 4.98 Å². The van der Waals surface area contributed by atoms with Gasteiger partial charge in [0.25, 0.3) is 0 Å². The molecule has 4 N–H and O–H groups in total. The molecule has 14 heteroatoms. The molecule has 0 aliphatic heterocycles. The van der Waals surface area contributed by atoms with E-state index in [4.69, 9.17) is 5.73 Å². The fourth-order valence-corrected chi connectivity index (χ4v) is 3.80. The number of nitrogens with two attached hydrogens (primary N) is 1. The van der Waals surface area contributed by atoms with Crippen molar-refractivity contribution in [2.45, 2.75) is 6.18 Å². The van der Waals surface area contributed by atoms with Gasteiger partial charge in [-0.3, -0.25) is 14.1 Å². The van der Waals surface area contributed by atoms with Crippen LogP contribution in [0, 0.1) is 5.21 Å². The van der Waals surface area contributed by atoms with Crippen LogP contribution in [0.1, 0.15) is 5.56 Å². The lowest BCUT2D eigenvalue weighted by atomic mass is 10.1. The minimum atomic E-state index is -4.61. The van der Waals surface area contributed by atoms with E-state index in [2.05, 4.69) is 20.7 Å². The Labute approximate surface area is 211 Å². The van der Waals surface area contributed by atoms with Crippen LogP contribution in [-0.2, 0) is 6.18 Å². The number of pyridine rings is 1. The summed E-state index contributed by atoms with van der Waals surface area (Å²) in [7, 11) is 0. The second-order valence-electron chi connectivity index (χ2n) is 8.01. The second kappa shape index (κ2) is 9.24. The minimum Gasteiger partial charge on any atom is -0.740 e. The van der Waals surface area contributed by atoms with Crippen LogP contribution in [0.4, 0.5) is 35.2 Å². The number of anilines is 3. The molecule has 5 aromatic rings. The average Bonchev–Trinajstić information content (AvgIpc) is 3.41. The van der Waals surface area contributed by atoms with Crippen molar-refractivity contribution in [1.82, 2.24) is 19.3 Å². The third kappa shape index (κ3) is 4.57. The Balaban J connectivity index is 1.40. The smallest absolute Gasteiger partial charge is 0.416 e. The number of rotatable bonds is 4. The largest absolute Gasteiger partial charge is 0.740 e. The molecule has 0 radical (unpaired) electrons. The number of benzene rings is 2. The average molecular weight is 522 g/mol. The van der Waals surface area contributed by atoms with E-state index in [1.54, 1.807) is 30.3 Å². The molecule has 3 heterocycles. The van der Waals surface area contributed by atoms with Gasteiger partial charge < -0.3 is 21.6 Å². The van der Waals surface area contributed by atoms with E-state index in [-0.39, 0.29) is 28.2 Å². The summed E-state index contributed by atoms with van der Waals surface area (Å²) in [6.45, 7) is 0. The number of urea groups is 1. The molecule has 3 aromatic heterocycles. The van der Waals surface area contributed by atoms with Crippen molar-refractivity contribution in [2.24, 2.45) is 0 Å². The van der Waals surface area contributed by atoms with Crippen molar-refractivity contribution < 1.29 is 22.7 Å². The van der Waals surface area contributed by atoms with Crippen molar-refractivity contribution in [2.75, 3.05) is 16.4 Å². The molecule has 0 saturated heterocycles. The van der Waals surface area contributed by atoms with Gasteiger partial charge in [-0.2, -0.15) is 18.3 Å². The number of nitrogens with one attached hydrogen (secondary N) is 2. The van der Waals surface area contributed by atoms with Crippen LogP contribution in [0.25, 0.3) is 22.4 Å². The molecule has 0 spiro atoms. The first-order valence-electron chi connectivity index (χ1n) is 10.9. The fourth-order valence-electron chi connectivity index (χ4n) is 3.80. The number of fused-ring (bicyclic) bond motifs is 1. The Hall–Kier alpha value is -5.40. The Morgan fingerprint density at radius 1 is 1.05 bits per heavy atom. The van der Waals surface area contributed by atoms with Gasteiger partial charge in [0, 0.05) is 36.0 Å². The maximum absolute atomic E-state index is 13.3. The number of carbonyl (C=O) groups is 1. The lowest BCUT2D eigenvalue weighted by molar-refractivity contribution is -0.591. The van der Waals surface area contributed by atoms with E-state index in [1.165, 1.54) is 40.0 Å². The summed E-state index contributed by atoms with van der Waals surface area (Å²) in [5.41, 5.74) is 5.53. The van der Waals surface area contributed by atoms with Crippen molar-refractivity contribution in [1.29, 1.82) is 0 Å². The van der Waals surface area contributed by atoms with E-state index in [0.29, 0.717) is 16.1 Å². The number of hydrogen-bond donors (Lipinski definition) is 3. The Bertz CT molecular complexity index is 1720. The number of nitrogen functional groups attached to an aromatic ring is 1. The third-order valence-electron chi connectivity index (χ3n) is 5.58. The molecular weight excluding hydrogens is 505 g/mol. The molecule has 0 aliphatic rings. The number of nitrogens with zero attached hydrogens (tertiary/aromatic N) is 5. The van der Waals surface area contributed by atoms with E-state index in [1.807, 2.05) is 0 Å². The highest BCUT2D eigenvalue weighted by molar-refractivity contribution is 6.01. The molecule has 0 atom stereocenters. The fraction of sp³-hybridized carbons (Fsp3) is 0.0417. The monoisotopic (exact) mass is 522 g/mol. The molecule has 2 aromatic carbocycles. The molecule has 0 unspecified atom stereocenters. The topological polar surface area (TPSA) is 147 Å². The zero-order valence-corrected chi connectivity index (χ0v) is 19.2. The first-order valence-corrected chi connectivity index (χ1v) is 10.9. The lowest BCUT2D eigenvalue weighted by Crippen LogP contribution is -2.33. The SMILES string of the molecule is Nc1c2c(=O)ccn(-c3ccc(NC(=O)Nc4cc(C(F)(F)F)ccc4-n4cccn4)cc3)c2nc[n+]1[O-]. The van der Waals surface area contributed by atoms with Gasteiger partial charge in [-0.05, 0) is 48.5 Å². The van der Waals surface area contributed by atoms with Gasteiger partial charge >= 0.3 is 12.2 Å². The standard InChI is InChI=1S/C24H17F3N8O3/c25-24(26,27)14-2-7-18(34-10-1-9-30-34)17(12-14)32-23(37)31-15-3-5-16(6-4-15)33-11-8-19(36)20-21(28)35(38)13-29-22(20)33/h1-13H,28H2,(H2,31,32,37). The van der Waals surface area contributed by atoms with E-state index in [0.717, 1.165) is 18.5 Å². The van der Waals surface area contributed by atoms with Crippen LogP contribution >= 0.6 is 0 Å². The minimum absolute atomic E-state index is 0.0411. The van der Waals surface area contributed by atoms with E-state index in [9.17, 15) is 28.0 Å². The van der Waals surface area contributed by atoms with E-state index >= 15 is 0 Å². The number of halogens is 3. The van der Waals surface area contributed by atoms with Gasteiger partial charge in [0.2, 0.25) is 17.8 Å². The molecule has 2 amide bonds. The number of amides is 2. The quantitative estimate of drug-likeness (QED) is 0.243. The first-order chi connectivity index (χ1) is 18.1. The summed E-state index contributed by atoms with van der Waals surface area (Å²) in [6.07, 6.45) is 0.789. The molecule has 5 rings (SSSR count). The van der Waals surface area contributed by atoms with Crippen LogP contribution in [0.15, 0.2) is 84.3 Å². The molecule has 0 aliphatic carbocycles. The van der Waals surface area contributed by atoms with E-state index < -0.39 is 23.2 Å². The van der Waals surface area contributed by atoms with Gasteiger partial charge in [0.15, 0.2) is 10.8 Å². The summed E-state index contributed by atoms with van der Waals surface area (Å²) in [5, 5.41) is 20.7. The lowest BCUT2D eigenvalue weighted by Gasteiger charge is -2.15. The summed E-state index contributed by atoms with van der Waals surface area (Å²) in [5.74, 6) is -0.284. The summed E-state index contributed by atoms with van der Waals surface area (Å²) >= 11 is 0. The maximum atomic E-state index is 13.3. The van der Waals surface area contributed by atoms with Gasteiger partial charge in [0.05, 0.1) is 16.9 Å². The van der Waals surface area contributed by atoms with Crippen molar-refractivity contribution in [3.05, 3.63) is 101 Å². The normalized spacial score (nSPS) is 11.4. The Morgan fingerprint density at radius 3 is 2.50 bits per heavy atom. The summed E-state index contributed by atoms with van der Waals surface area (Å²) in [4.78, 5) is 28.9. The summed E-state index contributed by atoms with van der Waals surface area (Å²) < 4.78 is 43.0. The van der Waals surface area contributed by atoms with Gasteiger partial charge in [-0.25, -0.2) is 9.48 Å². The third-order valence-corrected chi connectivity index (χ3v) is 5.58. The first kappa shape index (κ1) is 24.3. The second-order valence-corrected chi connectivity index (χ2v) is 8.01. The Kier molecular flexibility index (Phi) is 5.91. The van der Waals surface area contributed by atoms with Crippen LogP contribution in [0.3, 0.4) is 0 Å². The highest BCUT2D eigenvalue weighted by Gasteiger charge is 2.31. The highest BCUT2D eigenvalue weighted by atomic mass is 19.4. The van der Waals surface area contributed by atoms with Gasteiger partial charge in [-0.15, -0.1) is 0 Å². The zero-order valence-electron chi connectivity index (χ0n) is 19.2. The molecule has 0 fully saturated rings. The van der Waals surface area contributed by atoms with Crippen LogP contribution in [0.2, 0.25) is 0 Å². The van der Waals surface area contributed by atoms with Crippen molar-refractivity contribution >= 4 is 34.3 Å². The van der Waals surface area contributed by atoms with Crippen LogP contribution in [-0.4, -0.2) is 25.4 Å². The zero-order chi connectivity index (χ0) is 27.0. The highest BCUT2D eigenvalue weighted by Crippen LogP contribution is 2.33.